The minimum atomic E-state index is -0.901. The summed E-state index contributed by atoms with van der Waals surface area (Å²) in [4.78, 5) is 30.7. The molecular formula is C28H28N2O4. The second kappa shape index (κ2) is 8.52. The van der Waals surface area contributed by atoms with Gasteiger partial charge in [0, 0.05) is 24.1 Å². The largest absolute Gasteiger partial charge is 0.493 e. The molecule has 0 aromatic heterocycles. The number of nitrogens with zero attached hydrogens (tertiary/aromatic N) is 2. The van der Waals surface area contributed by atoms with Crippen molar-refractivity contribution in [2.75, 3.05) is 13.7 Å². The summed E-state index contributed by atoms with van der Waals surface area (Å²) in [7, 11) is 1.60. The second-order valence-corrected chi connectivity index (χ2v) is 9.09. The number of urea groups is 1. The number of amides is 3. The summed E-state index contributed by atoms with van der Waals surface area (Å²) in [6, 6.07) is 22.2. The molecule has 2 aliphatic rings. The van der Waals surface area contributed by atoms with Gasteiger partial charge in [-0.05, 0) is 44.0 Å². The standard InChI is InChI=1S/C28H28N2O4/c1-19-12-14-21(15-13-19)26(31)30-23-18-28(2,34-25-22(23)10-7-11-24(25)33-3)29(27(30)32)17-16-20-8-5-4-6-9-20/h4-15,23H,16-18H2,1-3H3/t23-,28+/m1/s1. The molecule has 1 saturated heterocycles. The molecule has 0 N–H and O–H groups in total. The van der Waals surface area contributed by atoms with Crippen molar-refractivity contribution in [3.8, 4) is 11.5 Å². The van der Waals surface area contributed by atoms with Crippen LogP contribution in [-0.2, 0) is 6.42 Å². The Morgan fingerprint density at radius 1 is 1.06 bits per heavy atom. The quantitative estimate of drug-likeness (QED) is 0.518. The van der Waals surface area contributed by atoms with Crippen molar-refractivity contribution in [3.05, 3.63) is 95.1 Å². The van der Waals surface area contributed by atoms with Crippen molar-refractivity contribution in [2.45, 2.75) is 38.5 Å². The third kappa shape index (κ3) is 3.69. The Labute approximate surface area is 199 Å². The second-order valence-electron chi connectivity index (χ2n) is 9.09. The van der Waals surface area contributed by atoms with Crippen LogP contribution in [0.5, 0.6) is 11.5 Å². The molecule has 0 aliphatic carbocycles. The number of hydrogen-bond donors (Lipinski definition) is 0. The Bertz CT molecular complexity index is 1220. The van der Waals surface area contributed by atoms with E-state index in [1.165, 1.54) is 4.90 Å². The zero-order chi connectivity index (χ0) is 23.9. The lowest BCUT2D eigenvalue weighted by atomic mass is 9.88. The highest BCUT2D eigenvalue weighted by molar-refractivity contribution is 6.05. The van der Waals surface area contributed by atoms with E-state index in [9.17, 15) is 9.59 Å². The highest BCUT2D eigenvalue weighted by Crippen LogP contribution is 2.51. The first-order valence-electron chi connectivity index (χ1n) is 11.5. The van der Waals surface area contributed by atoms with Gasteiger partial charge in [0.15, 0.2) is 17.2 Å². The number of benzene rings is 3. The van der Waals surface area contributed by atoms with Crippen LogP contribution in [0.25, 0.3) is 0 Å². The molecule has 2 bridgehead atoms. The SMILES string of the molecule is COc1cccc2c1O[C@@]1(C)C[C@H]2N(C(=O)c2ccc(C)cc2)C(=O)N1CCc1ccccc1. The van der Waals surface area contributed by atoms with Crippen LogP contribution in [0.2, 0.25) is 0 Å². The summed E-state index contributed by atoms with van der Waals surface area (Å²) in [6.45, 7) is 4.32. The van der Waals surface area contributed by atoms with Crippen LogP contribution >= 0.6 is 0 Å². The monoisotopic (exact) mass is 456 g/mol. The molecule has 2 heterocycles. The number of hydrogen-bond acceptors (Lipinski definition) is 4. The van der Waals surface area contributed by atoms with Crippen molar-refractivity contribution in [1.82, 2.24) is 9.80 Å². The Morgan fingerprint density at radius 2 is 1.79 bits per heavy atom. The number of fused-ring (bicyclic) bond motifs is 4. The Hall–Kier alpha value is -3.80. The van der Waals surface area contributed by atoms with E-state index in [-0.39, 0.29) is 11.9 Å². The van der Waals surface area contributed by atoms with Gasteiger partial charge < -0.3 is 9.47 Å². The molecule has 3 aromatic carbocycles. The highest BCUT2D eigenvalue weighted by atomic mass is 16.5. The number of imide groups is 1. The molecule has 3 amide bonds. The van der Waals surface area contributed by atoms with Crippen LogP contribution in [0.4, 0.5) is 4.79 Å². The molecule has 0 unspecified atom stereocenters. The summed E-state index contributed by atoms with van der Waals surface area (Å²) in [5, 5.41) is 0. The number of carbonyl (C=O) groups excluding carboxylic acids is 2. The van der Waals surface area contributed by atoms with Gasteiger partial charge in [0.05, 0.1) is 13.2 Å². The first-order chi connectivity index (χ1) is 16.4. The highest BCUT2D eigenvalue weighted by Gasteiger charge is 2.55. The van der Waals surface area contributed by atoms with Crippen molar-refractivity contribution in [1.29, 1.82) is 0 Å². The molecule has 0 radical (unpaired) electrons. The molecule has 6 nitrogen and oxygen atoms in total. The molecule has 3 aromatic rings. The van der Waals surface area contributed by atoms with Crippen molar-refractivity contribution < 1.29 is 19.1 Å². The molecular weight excluding hydrogens is 428 g/mol. The molecule has 2 atom stereocenters. The van der Waals surface area contributed by atoms with Gasteiger partial charge in [-0.3, -0.25) is 14.6 Å². The molecule has 6 heteroatoms. The fraction of sp³-hybridized carbons (Fsp3) is 0.286. The number of ether oxygens (including phenoxy) is 2. The van der Waals surface area contributed by atoms with E-state index in [1.807, 2.05) is 74.5 Å². The fourth-order valence-corrected chi connectivity index (χ4v) is 4.94. The van der Waals surface area contributed by atoms with Crippen LogP contribution in [0.1, 0.15) is 46.4 Å². The Kier molecular flexibility index (Phi) is 5.52. The Morgan fingerprint density at radius 3 is 2.50 bits per heavy atom. The number of methoxy groups -OCH3 is 1. The maximum Gasteiger partial charge on any atom is 0.330 e. The van der Waals surface area contributed by atoms with Gasteiger partial charge in [0.2, 0.25) is 0 Å². The molecule has 174 valence electrons. The lowest BCUT2D eigenvalue weighted by Gasteiger charge is -2.54. The minimum absolute atomic E-state index is 0.308. The van der Waals surface area contributed by atoms with Crippen molar-refractivity contribution in [3.63, 3.8) is 0 Å². The maximum absolute atomic E-state index is 13.9. The number of para-hydroxylation sites is 1. The van der Waals surface area contributed by atoms with Crippen LogP contribution in [-0.4, -0.2) is 41.1 Å². The maximum atomic E-state index is 13.9. The van der Waals surface area contributed by atoms with E-state index in [2.05, 4.69) is 0 Å². The summed E-state index contributed by atoms with van der Waals surface area (Å²) >= 11 is 0. The summed E-state index contributed by atoms with van der Waals surface area (Å²) in [5.74, 6) is 0.869. The Balaban J connectivity index is 1.57. The number of carbonyl (C=O) groups is 2. The lowest BCUT2D eigenvalue weighted by molar-refractivity contribution is -0.106. The average Bonchev–Trinajstić information content (AvgIpc) is 2.84. The van der Waals surface area contributed by atoms with Crippen LogP contribution in [0, 0.1) is 6.92 Å². The molecule has 1 fully saturated rings. The van der Waals surface area contributed by atoms with Gasteiger partial charge >= 0.3 is 6.03 Å². The van der Waals surface area contributed by atoms with E-state index in [0.717, 1.165) is 16.7 Å². The third-order valence-electron chi connectivity index (χ3n) is 6.79. The summed E-state index contributed by atoms with van der Waals surface area (Å²) in [6.07, 6.45) is 1.13. The molecule has 2 aliphatic heterocycles. The fourth-order valence-electron chi connectivity index (χ4n) is 4.94. The normalized spacial score (nSPS) is 21.0. The van der Waals surface area contributed by atoms with Crippen molar-refractivity contribution in [2.24, 2.45) is 0 Å². The van der Waals surface area contributed by atoms with E-state index in [1.54, 1.807) is 24.1 Å². The predicted octanol–water partition coefficient (Wildman–Crippen LogP) is 5.36. The first kappa shape index (κ1) is 22.0. The first-order valence-corrected chi connectivity index (χ1v) is 11.5. The van der Waals surface area contributed by atoms with E-state index in [0.29, 0.717) is 36.4 Å². The van der Waals surface area contributed by atoms with Gasteiger partial charge in [-0.15, -0.1) is 0 Å². The number of rotatable bonds is 5. The zero-order valence-corrected chi connectivity index (χ0v) is 19.7. The van der Waals surface area contributed by atoms with Gasteiger partial charge in [-0.25, -0.2) is 4.79 Å². The average molecular weight is 457 g/mol. The minimum Gasteiger partial charge on any atom is -0.493 e. The third-order valence-corrected chi connectivity index (χ3v) is 6.79. The van der Waals surface area contributed by atoms with Gasteiger partial charge in [0.1, 0.15) is 0 Å². The lowest BCUT2D eigenvalue weighted by Crippen LogP contribution is -2.66. The van der Waals surface area contributed by atoms with Crippen LogP contribution in [0.15, 0.2) is 72.8 Å². The van der Waals surface area contributed by atoms with Crippen molar-refractivity contribution >= 4 is 11.9 Å². The summed E-state index contributed by atoms with van der Waals surface area (Å²) in [5.41, 5.74) is 2.54. The zero-order valence-electron chi connectivity index (χ0n) is 19.7. The number of aryl methyl sites for hydroxylation is 1. The molecule has 0 saturated carbocycles. The van der Waals surface area contributed by atoms with E-state index < -0.39 is 11.8 Å². The van der Waals surface area contributed by atoms with Gasteiger partial charge in [-0.2, -0.15) is 0 Å². The topological polar surface area (TPSA) is 59.1 Å². The van der Waals surface area contributed by atoms with Crippen LogP contribution < -0.4 is 9.47 Å². The smallest absolute Gasteiger partial charge is 0.330 e. The molecule has 34 heavy (non-hydrogen) atoms. The molecule has 5 rings (SSSR count). The van der Waals surface area contributed by atoms with E-state index in [4.69, 9.17) is 9.47 Å². The predicted molar refractivity (Wildman–Crippen MR) is 129 cm³/mol. The van der Waals surface area contributed by atoms with Crippen LogP contribution in [0.3, 0.4) is 0 Å². The van der Waals surface area contributed by atoms with Gasteiger partial charge in [0.25, 0.3) is 5.91 Å². The van der Waals surface area contributed by atoms with E-state index >= 15 is 0 Å². The van der Waals surface area contributed by atoms with Gasteiger partial charge in [-0.1, -0.05) is 60.2 Å². The summed E-state index contributed by atoms with van der Waals surface area (Å²) < 4.78 is 12.1. The molecule has 0 spiro atoms.